The summed E-state index contributed by atoms with van der Waals surface area (Å²) in [5.74, 6) is -0.228. The molecule has 1 aromatic rings. The largest absolute Gasteiger partial charge is 0.488 e. The van der Waals surface area contributed by atoms with E-state index in [2.05, 4.69) is 0 Å². The maximum absolute atomic E-state index is 11.1. The summed E-state index contributed by atoms with van der Waals surface area (Å²) in [7, 11) is 0. The number of rotatable bonds is 6. The number of hydrogen-bond donors (Lipinski definition) is 2. The Morgan fingerprint density at radius 3 is 2.75 bits per heavy atom. The Kier molecular flexibility index (Phi) is 4.60. The van der Waals surface area contributed by atoms with E-state index in [0.717, 1.165) is 0 Å². The molecule has 0 aliphatic rings. The van der Waals surface area contributed by atoms with E-state index in [-0.39, 0.29) is 5.56 Å². The maximum atomic E-state index is 11.1. The molecule has 0 radical (unpaired) electrons. The van der Waals surface area contributed by atoms with Gasteiger partial charge in [-0.25, -0.2) is 0 Å². The average Bonchev–Trinajstić information content (AvgIpc) is 2.25. The quantitative estimate of drug-likeness (QED) is 0.552. The Morgan fingerprint density at radius 1 is 1.38 bits per heavy atom. The van der Waals surface area contributed by atoms with E-state index < -0.39 is 5.91 Å². The van der Waals surface area contributed by atoms with Gasteiger partial charge in [-0.2, -0.15) is 0 Å². The lowest BCUT2D eigenvalue weighted by molar-refractivity contribution is 0.0979. The minimum Gasteiger partial charge on any atom is -0.488 e. The summed E-state index contributed by atoms with van der Waals surface area (Å²) in [5.41, 5.74) is 11.6. The highest BCUT2D eigenvalue weighted by molar-refractivity contribution is 5.97. The van der Waals surface area contributed by atoms with Gasteiger partial charge in [-0.1, -0.05) is 6.07 Å². The van der Waals surface area contributed by atoms with Crippen molar-refractivity contribution in [2.24, 2.45) is 5.73 Å². The van der Waals surface area contributed by atoms with Crippen LogP contribution < -0.4 is 16.2 Å². The van der Waals surface area contributed by atoms with Gasteiger partial charge < -0.3 is 20.9 Å². The van der Waals surface area contributed by atoms with Crippen LogP contribution in [-0.4, -0.2) is 25.7 Å². The smallest absolute Gasteiger partial charge is 0.252 e. The summed E-state index contributed by atoms with van der Waals surface area (Å²) in [5, 5.41) is 0. The van der Waals surface area contributed by atoms with Crippen molar-refractivity contribution < 1.29 is 14.3 Å². The van der Waals surface area contributed by atoms with Crippen molar-refractivity contribution in [2.45, 2.75) is 6.92 Å². The normalized spacial score (nSPS) is 10.1. The second kappa shape index (κ2) is 5.97. The first kappa shape index (κ1) is 12.3. The van der Waals surface area contributed by atoms with Gasteiger partial charge in [0.05, 0.1) is 17.9 Å². The number of hydrogen-bond acceptors (Lipinski definition) is 4. The van der Waals surface area contributed by atoms with Crippen molar-refractivity contribution in [3.8, 4) is 5.75 Å². The molecule has 0 aliphatic carbocycles. The van der Waals surface area contributed by atoms with Crippen molar-refractivity contribution in [1.82, 2.24) is 0 Å². The lowest BCUT2D eigenvalue weighted by Crippen LogP contribution is -2.15. The number of anilines is 1. The Morgan fingerprint density at radius 2 is 2.12 bits per heavy atom. The van der Waals surface area contributed by atoms with Gasteiger partial charge in [0, 0.05) is 6.61 Å². The summed E-state index contributed by atoms with van der Waals surface area (Å²) >= 11 is 0. The standard InChI is InChI=1S/C11H16N2O3/c1-2-15-6-7-16-10-8(11(13)14)4-3-5-9(10)12/h3-5H,2,6-7,12H2,1H3,(H2,13,14). The van der Waals surface area contributed by atoms with Crippen molar-refractivity contribution in [3.05, 3.63) is 23.8 Å². The third kappa shape index (κ3) is 3.13. The number of amides is 1. The van der Waals surface area contributed by atoms with Crippen LogP contribution in [0.2, 0.25) is 0 Å². The fourth-order valence-electron chi connectivity index (χ4n) is 1.26. The highest BCUT2D eigenvalue weighted by Crippen LogP contribution is 2.25. The van der Waals surface area contributed by atoms with Gasteiger partial charge in [-0.15, -0.1) is 0 Å². The topological polar surface area (TPSA) is 87.6 Å². The van der Waals surface area contributed by atoms with Gasteiger partial charge in [0.2, 0.25) is 0 Å². The average molecular weight is 224 g/mol. The molecule has 4 N–H and O–H groups in total. The van der Waals surface area contributed by atoms with Crippen LogP contribution in [0, 0.1) is 0 Å². The molecule has 0 saturated heterocycles. The van der Waals surface area contributed by atoms with E-state index in [1.807, 2.05) is 6.92 Å². The third-order valence-electron chi connectivity index (χ3n) is 1.99. The number of nitrogens with two attached hydrogens (primary N) is 2. The minimum absolute atomic E-state index is 0.288. The molecule has 0 fully saturated rings. The van der Waals surface area contributed by atoms with Crippen molar-refractivity contribution >= 4 is 11.6 Å². The summed E-state index contributed by atoms with van der Waals surface area (Å²) in [6.45, 7) is 3.30. The molecular formula is C11H16N2O3. The predicted molar refractivity (Wildman–Crippen MR) is 61.4 cm³/mol. The number of ether oxygens (including phenoxy) is 2. The van der Waals surface area contributed by atoms with E-state index >= 15 is 0 Å². The molecule has 0 heterocycles. The SMILES string of the molecule is CCOCCOc1c(N)cccc1C(N)=O. The highest BCUT2D eigenvalue weighted by atomic mass is 16.5. The molecule has 0 aliphatic heterocycles. The molecule has 0 atom stereocenters. The van der Waals surface area contributed by atoms with Gasteiger partial charge >= 0.3 is 0 Å². The lowest BCUT2D eigenvalue weighted by Gasteiger charge is -2.11. The summed E-state index contributed by atoms with van der Waals surface area (Å²) < 4.78 is 10.5. The zero-order chi connectivity index (χ0) is 12.0. The van der Waals surface area contributed by atoms with Gasteiger partial charge in [0.1, 0.15) is 6.61 Å². The van der Waals surface area contributed by atoms with Crippen LogP contribution in [0.1, 0.15) is 17.3 Å². The molecule has 16 heavy (non-hydrogen) atoms. The Balaban J connectivity index is 2.73. The molecule has 0 unspecified atom stereocenters. The molecule has 0 aromatic heterocycles. The van der Waals surface area contributed by atoms with Crippen LogP contribution in [0.4, 0.5) is 5.69 Å². The van der Waals surface area contributed by atoms with Crippen molar-refractivity contribution in [2.75, 3.05) is 25.6 Å². The molecule has 5 nitrogen and oxygen atoms in total. The van der Waals surface area contributed by atoms with E-state index in [9.17, 15) is 4.79 Å². The number of nitrogen functional groups attached to an aromatic ring is 1. The van der Waals surface area contributed by atoms with Crippen molar-refractivity contribution in [1.29, 1.82) is 0 Å². The first-order valence-electron chi connectivity index (χ1n) is 5.05. The van der Waals surface area contributed by atoms with Gasteiger partial charge in [0.15, 0.2) is 5.75 Å². The second-order valence-electron chi connectivity index (χ2n) is 3.13. The van der Waals surface area contributed by atoms with E-state index in [1.165, 1.54) is 0 Å². The molecule has 1 amide bonds. The summed E-state index contributed by atoms with van der Waals surface area (Å²) in [6, 6.07) is 4.89. The molecular weight excluding hydrogens is 208 g/mol. The molecule has 1 aromatic carbocycles. The number of primary amides is 1. The second-order valence-corrected chi connectivity index (χ2v) is 3.13. The van der Waals surface area contributed by atoms with Crippen LogP contribution in [0.3, 0.4) is 0 Å². The van der Waals surface area contributed by atoms with Crippen LogP contribution in [0.5, 0.6) is 5.75 Å². The maximum Gasteiger partial charge on any atom is 0.252 e. The number of para-hydroxylation sites is 1. The number of carbonyl (C=O) groups excluding carboxylic acids is 1. The zero-order valence-corrected chi connectivity index (χ0v) is 9.23. The molecule has 88 valence electrons. The first-order chi connectivity index (χ1) is 7.66. The summed E-state index contributed by atoms with van der Waals surface area (Å²) in [6.07, 6.45) is 0. The van der Waals surface area contributed by atoms with Crippen molar-refractivity contribution in [3.63, 3.8) is 0 Å². The van der Waals surface area contributed by atoms with Gasteiger partial charge in [-0.05, 0) is 19.1 Å². The van der Waals surface area contributed by atoms with Crippen LogP contribution in [0.15, 0.2) is 18.2 Å². The van der Waals surface area contributed by atoms with Gasteiger partial charge in [0.25, 0.3) is 5.91 Å². The van der Waals surface area contributed by atoms with Crippen LogP contribution >= 0.6 is 0 Å². The fraction of sp³-hybridized carbons (Fsp3) is 0.364. The Bertz CT molecular complexity index is 366. The molecule has 0 saturated carbocycles. The highest BCUT2D eigenvalue weighted by Gasteiger charge is 2.11. The minimum atomic E-state index is -0.557. The van der Waals surface area contributed by atoms with E-state index in [4.69, 9.17) is 20.9 Å². The molecule has 5 heteroatoms. The zero-order valence-electron chi connectivity index (χ0n) is 9.23. The fourth-order valence-corrected chi connectivity index (χ4v) is 1.26. The number of benzene rings is 1. The van der Waals surface area contributed by atoms with E-state index in [0.29, 0.717) is 31.3 Å². The van der Waals surface area contributed by atoms with E-state index in [1.54, 1.807) is 18.2 Å². The van der Waals surface area contributed by atoms with Crippen LogP contribution in [0.25, 0.3) is 0 Å². The lowest BCUT2D eigenvalue weighted by atomic mass is 10.1. The first-order valence-corrected chi connectivity index (χ1v) is 5.05. The van der Waals surface area contributed by atoms with Crippen LogP contribution in [-0.2, 0) is 4.74 Å². The molecule has 1 rings (SSSR count). The monoisotopic (exact) mass is 224 g/mol. The summed E-state index contributed by atoms with van der Waals surface area (Å²) in [4.78, 5) is 11.1. The third-order valence-corrected chi connectivity index (χ3v) is 1.99. The predicted octanol–water partition coefficient (Wildman–Crippen LogP) is 0.783. The molecule has 0 bridgehead atoms. The Labute approximate surface area is 94.3 Å². The molecule has 0 spiro atoms. The van der Waals surface area contributed by atoms with Gasteiger partial charge in [-0.3, -0.25) is 4.79 Å². The number of carbonyl (C=O) groups is 1. The Hall–Kier alpha value is -1.75.